The van der Waals surface area contributed by atoms with Gasteiger partial charge in [0.1, 0.15) is 5.84 Å². The molecule has 1 aliphatic carbocycles. The van der Waals surface area contributed by atoms with Crippen LogP contribution in [-0.4, -0.2) is 72.8 Å². The van der Waals surface area contributed by atoms with Crippen LogP contribution in [0.15, 0.2) is 70.9 Å². The highest BCUT2D eigenvalue weighted by Gasteiger charge is 2.66. The van der Waals surface area contributed by atoms with Gasteiger partial charge in [0.15, 0.2) is 5.70 Å². The second-order valence-electron chi connectivity index (χ2n) is 11.4. The van der Waals surface area contributed by atoms with Crippen LogP contribution in [0.4, 0.5) is 10.5 Å². The van der Waals surface area contributed by atoms with E-state index >= 15 is 0 Å². The number of nitrogens with zero attached hydrogens (tertiary/aromatic N) is 3. The highest BCUT2D eigenvalue weighted by atomic mass is 16.5. The molecule has 42 heavy (non-hydrogen) atoms. The highest BCUT2D eigenvalue weighted by molar-refractivity contribution is 6.15. The van der Waals surface area contributed by atoms with Gasteiger partial charge in [-0.05, 0) is 36.5 Å². The molecule has 1 saturated carbocycles. The minimum absolute atomic E-state index is 0.0221. The van der Waals surface area contributed by atoms with Crippen LogP contribution in [0.2, 0.25) is 0 Å². The van der Waals surface area contributed by atoms with Crippen molar-refractivity contribution in [2.45, 2.75) is 68.6 Å². The molecule has 1 saturated heterocycles. The topological polar surface area (TPSA) is 121 Å². The number of carbonyl (C=O) groups is 3. The van der Waals surface area contributed by atoms with E-state index < -0.39 is 29.4 Å². The van der Waals surface area contributed by atoms with Crippen LogP contribution in [0.1, 0.15) is 49.7 Å². The number of aliphatic hydroxyl groups is 1. The van der Waals surface area contributed by atoms with Crippen molar-refractivity contribution < 1.29 is 29.0 Å². The summed E-state index contributed by atoms with van der Waals surface area (Å²) in [6.07, 6.45) is 5.31. The Kier molecular flexibility index (Phi) is 7.49. The normalized spacial score (nSPS) is 24.9. The minimum Gasteiger partial charge on any atom is -0.466 e. The van der Waals surface area contributed by atoms with Crippen molar-refractivity contribution in [2.75, 3.05) is 25.7 Å². The van der Waals surface area contributed by atoms with E-state index in [1.807, 2.05) is 54.6 Å². The second-order valence-corrected chi connectivity index (χ2v) is 11.4. The van der Waals surface area contributed by atoms with Crippen molar-refractivity contribution in [1.82, 2.24) is 10.2 Å². The number of urea groups is 1. The summed E-state index contributed by atoms with van der Waals surface area (Å²) < 4.78 is 10.4. The predicted octanol–water partition coefficient (Wildman–Crippen LogP) is 3.43. The molecule has 2 aromatic rings. The molecule has 3 heterocycles. The number of amidine groups is 1. The number of nitrogens with one attached hydrogen (secondary N) is 1. The number of esters is 2. The third-order valence-corrected chi connectivity index (χ3v) is 9.11. The van der Waals surface area contributed by atoms with Crippen LogP contribution in [0.5, 0.6) is 0 Å². The summed E-state index contributed by atoms with van der Waals surface area (Å²) in [4.78, 5) is 49.2. The number of aliphatic imine (C=N–C) groups is 1. The van der Waals surface area contributed by atoms with E-state index in [-0.39, 0.29) is 29.9 Å². The van der Waals surface area contributed by atoms with Gasteiger partial charge in [0.2, 0.25) is 0 Å². The van der Waals surface area contributed by atoms with E-state index in [0.29, 0.717) is 18.8 Å². The van der Waals surface area contributed by atoms with Gasteiger partial charge >= 0.3 is 18.0 Å². The zero-order chi connectivity index (χ0) is 29.4. The third kappa shape index (κ3) is 4.36. The number of para-hydroxylation sites is 1. The summed E-state index contributed by atoms with van der Waals surface area (Å²) in [5, 5.41) is 13.8. The van der Waals surface area contributed by atoms with Crippen molar-refractivity contribution >= 4 is 29.5 Å². The maximum absolute atomic E-state index is 14.0. The van der Waals surface area contributed by atoms with Gasteiger partial charge < -0.3 is 24.8 Å². The van der Waals surface area contributed by atoms with Gasteiger partial charge in [0, 0.05) is 18.3 Å². The van der Waals surface area contributed by atoms with Gasteiger partial charge in [-0.3, -0.25) is 4.90 Å². The number of likely N-dealkylation sites (tertiary alicyclic amines) is 1. The first-order valence-electron chi connectivity index (χ1n) is 14.5. The second kappa shape index (κ2) is 11.2. The molecule has 3 atom stereocenters. The molecular formula is C32H36N4O6. The number of amides is 2. The van der Waals surface area contributed by atoms with Crippen LogP contribution in [0.25, 0.3) is 0 Å². The molecule has 10 nitrogen and oxygen atoms in total. The van der Waals surface area contributed by atoms with Crippen LogP contribution in [0.3, 0.4) is 0 Å². The lowest BCUT2D eigenvalue weighted by Gasteiger charge is -2.41. The van der Waals surface area contributed by atoms with E-state index in [4.69, 9.17) is 14.5 Å². The van der Waals surface area contributed by atoms with Crippen molar-refractivity contribution in [3.8, 4) is 0 Å². The molecule has 0 aromatic heterocycles. The molecule has 2 fully saturated rings. The molecule has 4 aliphatic rings. The number of hydrogen-bond donors (Lipinski definition) is 2. The number of hydrogen-bond acceptors (Lipinski definition) is 8. The minimum atomic E-state index is -1.01. The fourth-order valence-corrected chi connectivity index (χ4v) is 7.34. The van der Waals surface area contributed by atoms with Crippen molar-refractivity contribution in [2.24, 2.45) is 4.99 Å². The zero-order valence-electron chi connectivity index (χ0n) is 23.9. The molecular weight excluding hydrogens is 536 g/mol. The van der Waals surface area contributed by atoms with Gasteiger partial charge in [0.25, 0.3) is 0 Å². The standard InChI is InChI=1S/C32H36N4O6/c1-41-28(38)25-26(29(39)42-2)34-30-32(17-22(19-37)36(30)31(40)33-21-13-7-4-8-14-21)23-15-9-10-16-24(23)35(27(25)32)18-20-11-5-3-6-12-20/h3,5-6,9-12,15-16,21-22,27,37H,4,7-8,13-14,17-19H2,1-2H3,(H,33,40)/t22-,27-,32-/m0/s1. The average Bonchev–Trinajstić information content (AvgIpc) is 3.51. The maximum atomic E-state index is 14.0. The van der Waals surface area contributed by atoms with Gasteiger partial charge in [-0.1, -0.05) is 67.8 Å². The highest BCUT2D eigenvalue weighted by Crippen LogP contribution is 2.58. The molecule has 2 amide bonds. The van der Waals surface area contributed by atoms with Crippen LogP contribution in [0, 0.1) is 0 Å². The quantitative estimate of drug-likeness (QED) is 0.509. The Bertz CT molecular complexity index is 1450. The van der Waals surface area contributed by atoms with E-state index in [1.165, 1.54) is 19.1 Å². The Hall–Kier alpha value is -4.18. The largest absolute Gasteiger partial charge is 0.466 e. The van der Waals surface area contributed by atoms with Crippen molar-refractivity contribution in [1.29, 1.82) is 0 Å². The third-order valence-electron chi connectivity index (χ3n) is 9.11. The van der Waals surface area contributed by atoms with E-state index in [1.54, 1.807) is 0 Å². The SMILES string of the molecule is COC(=O)C1=C(C(=O)OC)[C@@H]2N(Cc3ccccc3)c3ccccc3[C@@]23C[C@@H](CO)N(C(=O)NC2CCCCC2)C3=N1. The van der Waals surface area contributed by atoms with Gasteiger partial charge in [-0.25, -0.2) is 19.4 Å². The van der Waals surface area contributed by atoms with Crippen LogP contribution < -0.4 is 10.2 Å². The van der Waals surface area contributed by atoms with Gasteiger partial charge in [0.05, 0.1) is 43.9 Å². The molecule has 2 N–H and O–H groups in total. The fraction of sp³-hybridized carbons (Fsp3) is 0.438. The van der Waals surface area contributed by atoms with Crippen LogP contribution in [-0.2, 0) is 31.0 Å². The zero-order valence-corrected chi connectivity index (χ0v) is 23.9. The Labute approximate surface area is 245 Å². The lowest BCUT2D eigenvalue weighted by Crippen LogP contribution is -2.57. The number of rotatable bonds is 6. The summed E-state index contributed by atoms with van der Waals surface area (Å²) in [6.45, 7) is 0.109. The van der Waals surface area contributed by atoms with Crippen molar-refractivity contribution in [3.05, 3.63) is 77.0 Å². The molecule has 3 aliphatic heterocycles. The Morgan fingerprint density at radius 3 is 2.36 bits per heavy atom. The molecule has 0 unspecified atom stereocenters. The van der Waals surface area contributed by atoms with E-state index in [0.717, 1.165) is 48.9 Å². The average molecular weight is 573 g/mol. The van der Waals surface area contributed by atoms with Gasteiger partial charge in [-0.2, -0.15) is 0 Å². The summed E-state index contributed by atoms with van der Waals surface area (Å²) in [6, 6.07) is 15.9. The number of benzene rings is 2. The number of methoxy groups -OCH3 is 2. The molecule has 1 spiro atoms. The molecule has 2 aromatic carbocycles. The Morgan fingerprint density at radius 2 is 1.67 bits per heavy atom. The monoisotopic (exact) mass is 572 g/mol. The first-order chi connectivity index (χ1) is 20.4. The summed E-state index contributed by atoms with van der Waals surface area (Å²) in [5.41, 5.74) is 1.61. The summed E-state index contributed by atoms with van der Waals surface area (Å²) in [7, 11) is 2.50. The molecule has 0 bridgehead atoms. The molecule has 6 rings (SSSR count). The van der Waals surface area contributed by atoms with E-state index in [9.17, 15) is 19.5 Å². The number of ether oxygens (including phenoxy) is 2. The van der Waals surface area contributed by atoms with Crippen LogP contribution >= 0.6 is 0 Å². The Balaban J connectivity index is 1.57. The molecule has 220 valence electrons. The predicted molar refractivity (Wildman–Crippen MR) is 156 cm³/mol. The molecule has 0 radical (unpaired) electrons. The van der Waals surface area contributed by atoms with Gasteiger partial charge in [-0.15, -0.1) is 0 Å². The summed E-state index contributed by atoms with van der Waals surface area (Å²) in [5.74, 6) is -1.16. The number of carbonyl (C=O) groups excluding carboxylic acids is 3. The maximum Gasteiger partial charge on any atom is 0.357 e. The number of fused-ring (bicyclic) bond motifs is 1. The first kappa shape index (κ1) is 28.0. The summed E-state index contributed by atoms with van der Waals surface area (Å²) >= 11 is 0. The Morgan fingerprint density at radius 1 is 0.976 bits per heavy atom. The smallest absolute Gasteiger partial charge is 0.357 e. The fourth-order valence-electron chi connectivity index (χ4n) is 7.34. The molecule has 10 heteroatoms. The van der Waals surface area contributed by atoms with Crippen molar-refractivity contribution in [3.63, 3.8) is 0 Å². The number of anilines is 1. The number of aliphatic hydroxyl groups excluding tert-OH is 1. The lowest BCUT2D eigenvalue weighted by atomic mass is 9.69. The van der Waals surface area contributed by atoms with E-state index in [2.05, 4.69) is 10.2 Å². The first-order valence-corrected chi connectivity index (χ1v) is 14.5. The lowest BCUT2D eigenvalue weighted by molar-refractivity contribution is -0.139.